The minimum absolute atomic E-state index is 0.0675. The molecule has 0 atom stereocenters. The van der Waals surface area contributed by atoms with Crippen molar-refractivity contribution in [1.29, 1.82) is 0 Å². The number of sulfonamides is 1. The van der Waals surface area contributed by atoms with Crippen LogP contribution in [0, 0.1) is 0 Å². The van der Waals surface area contributed by atoms with E-state index in [-0.39, 0.29) is 10.7 Å². The number of benzene rings is 2. The number of carbonyl (C=O) groups excluding carboxylic acids is 1. The van der Waals surface area contributed by atoms with Crippen molar-refractivity contribution in [2.24, 2.45) is 0 Å². The summed E-state index contributed by atoms with van der Waals surface area (Å²) < 4.78 is 27.1. The molecule has 6 heteroatoms. The van der Waals surface area contributed by atoms with Gasteiger partial charge in [0, 0.05) is 11.1 Å². The van der Waals surface area contributed by atoms with Crippen LogP contribution >= 0.6 is 0 Å². The van der Waals surface area contributed by atoms with E-state index in [1.807, 2.05) is 18.2 Å². The van der Waals surface area contributed by atoms with Gasteiger partial charge in [-0.2, -0.15) is 4.31 Å². The van der Waals surface area contributed by atoms with Gasteiger partial charge >= 0.3 is 0 Å². The number of carbonyl (C=O) groups is 1. The number of nitrogens with zero attached hydrogens (tertiary/aromatic N) is 1. The molecule has 1 aliphatic heterocycles. The Bertz CT molecular complexity index is 825. The number of nitrogens with one attached hydrogen (secondary N) is 1. The molecule has 1 saturated heterocycles. The van der Waals surface area contributed by atoms with Crippen molar-refractivity contribution in [3.05, 3.63) is 65.7 Å². The molecule has 0 aliphatic carbocycles. The predicted octanol–water partition coefficient (Wildman–Crippen LogP) is 0.979. The van der Waals surface area contributed by atoms with Gasteiger partial charge in [0.15, 0.2) is 5.78 Å². The molecule has 0 unspecified atom stereocenters. The summed E-state index contributed by atoms with van der Waals surface area (Å²) in [7, 11) is -3.49. The normalized spacial score (nSPS) is 16.7. The van der Waals surface area contributed by atoms with E-state index in [9.17, 15) is 13.2 Å². The first-order valence-corrected chi connectivity index (χ1v) is 9.89. The molecule has 5 nitrogen and oxygen atoms in total. The smallest absolute Gasteiger partial charge is 0.243 e. The molecule has 1 heterocycles. The molecule has 1 N–H and O–H groups in total. The van der Waals surface area contributed by atoms with E-state index in [1.165, 1.54) is 29.5 Å². The summed E-state index contributed by atoms with van der Waals surface area (Å²) in [5, 5.41) is 0. The van der Waals surface area contributed by atoms with E-state index in [0.717, 1.165) is 19.6 Å². The number of Topliss-reactive ketones (excluding diaryl/α,β-unsaturated/α-hetero) is 1. The van der Waals surface area contributed by atoms with Gasteiger partial charge < -0.3 is 4.90 Å². The van der Waals surface area contributed by atoms with Gasteiger partial charge in [-0.25, -0.2) is 8.42 Å². The van der Waals surface area contributed by atoms with Crippen LogP contribution in [0.5, 0.6) is 0 Å². The summed E-state index contributed by atoms with van der Waals surface area (Å²) in [6, 6.07) is 16.5. The van der Waals surface area contributed by atoms with Crippen molar-refractivity contribution in [3.63, 3.8) is 0 Å². The summed E-state index contributed by atoms with van der Waals surface area (Å²) >= 11 is 0. The minimum Gasteiger partial charge on any atom is -0.329 e. The summed E-state index contributed by atoms with van der Waals surface area (Å²) in [6.45, 7) is 5.00. The highest BCUT2D eigenvalue weighted by Gasteiger charge is 2.30. The number of hydrogen-bond donors (Lipinski definition) is 1. The highest BCUT2D eigenvalue weighted by Crippen LogP contribution is 2.16. The zero-order chi connectivity index (χ0) is 17.9. The molecule has 0 bridgehead atoms. The van der Waals surface area contributed by atoms with Crippen LogP contribution in [0.3, 0.4) is 0 Å². The Morgan fingerprint density at radius 1 is 1.00 bits per heavy atom. The maximum Gasteiger partial charge on any atom is 0.243 e. The molecule has 0 saturated carbocycles. The fourth-order valence-corrected chi connectivity index (χ4v) is 4.56. The van der Waals surface area contributed by atoms with Gasteiger partial charge in [0.05, 0.1) is 31.1 Å². The summed E-state index contributed by atoms with van der Waals surface area (Å²) in [4.78, 5) is 13.0. The largest absolute Gasteiger partial charge is 0.329 e. The van der Waals surface area contributed by atoms with Crippen molar-refractivity contribution in [2.75, 3.05) is 26.2 Å². The fraction of sp³-hybridized carbons (Fsp3) is 0.316. The van der Waals surface area contributed by atoms with Gasteiger partial charge in [-0.15, -0.1) is 0 Å². The van der Waals surface area contributed by atoms with Crippen molar-refractivity contribution >= 4 is 15.8 Å². The second kappa shape index (κ2) is 7.47. The first-order chi connectivity index (χ1) is 12.0. The molecule has 3 rings (SSSR count). The van der Waals surface area contributed by atoms with E-state index in [0.29, 0.717) is 18.7 Å². The van der Waals surface area contributed by atoms with Crippen molar-refractivity contribution in [2.45, 2.75) is 18.4 Å². The van der Waals surface area contributed by atoms with Crippen molar-refractivity contribution < 1.29 is 18.1 Å². The maximum absolute atomic E-state index is 12.8. The molecule has 0 amide bonds. The molecule has 2 aromatic carbocycles. The van der Waals surface area contributed by atoms with Crippen LogP contribution in [0.2, 0.25) is 0 Å². The van der Waals surface area contributed by atoms with Crippen molar-refractivity contribution in [1.82, 2.24) is 4.31 Å². The fourth-order valence-electron chi connectivity index (χ4n) is 3.11. The van der Waals surface area contributed by atoms with E-state index >= 15 is 0 Å². The molecule has 1 fully saturated rings. The monoisotopic (exact) mass is 359 g/mol. The molecule has 2 aromatic rings. The maximum atomic E-state index is 12.8. The lowest BCUT2D eigenvalue weighted by Crippen LogP contribution is -3.13. The predicted molar refractivity (Wildman–Crippen MR) is 96.0 cm³/mol. The van der Waals surface area contributed by atoms with Crippen LogP contribution in [0.25, 0.3) is 0 Å². The van der Waals surface area contributed by atoms with Crippen LogP contribution < -0.4 is 4.90 Å². The SMILES string of the molecule is CC(=O)c1ccc(S(=O)(=O)N2CC[NH+](Cc3ccccc3)CC2)cc1. The number of hydrogen-bond acceptors (Lipinski definition) is 3. The highest BCUT2D eigenvalue weighted by molar-refractivity contribution is 7.89. The average Bonchev–Trinajstić information content (AvgIpc) is 2.63. The molecule has 0 radical (unpaired) electrons. The summed E-state index contributed by atoms with van der Waals surface area (Å²) in [5.41, 5.74) is 1.80. The van der Waals surface area contributed by atoms with E-state index in [4.69, 9.17) is 0 Å². The Balaban J connectivity index is 1.64. The summed E-state index contributed by atoms with van der Waals surface area (Å²) in [6.07, 6.45) is 0. The third kappa shape index (κ3) is 4.15. The lowest BCUT2D eigenvalue weighted by molar-refractivity contribution is -0.917. The van der Waals surface area contributed by atoms with Crippen molar-refractivity contribution in [3.8, 4) is 0 Å². The molecule has 132 valence electrons. The minimum atomic E-state index is -3.49. The number of rotatable bonds is 5. The third-order valence-electron chi connectivity index (χ3n) is 4.63. The Morgan fingerprint density at radius 3 is 2.16 bits per heavy atom. The second-order valence-electron chi connectivity index (χ2n) is 6.40. The van der Waals surface area contributed by atoms with Crippen LogP contribution in [0.1, 0.15) is 22.8 Å². The Hall–Kier alpha value is -2.02. The van der Waals surface area contributed by atoms with Gasteiger partial charge in [-0.3, -0.25) is 4.79 Å². The van der Waals surface area contributed by atoms with Gasteiger partial charge in [0.2, 0.25) is 10.0 Å². The van der Waals surface area contributed by atoms with E-state index < -0.39 is 10.0 Å². The van der Waals surface area contributed by atoms with Crippen LogP contribution in [-0.4, -0.2) is 44.7 Å². The molecule has 0 spiro atoms. The first kappa shape index (κ1) is 17.8. The molecule has 0 aromatic heterocycles. The van der Waals surface area contributed by atoms with Crippen LogP contribution in [-0.2, 0) is 16.6 Å². The van der Waals surface area contributed by atoms with E-state index in [1.54, 1.807) is 16.4 Å². The van der Waals surface area contributed by atoms with Gasteiger partial charge in [-0.05, 0) is 19.1 Å². The molecule has 25 heavy (non-hydrogen) atoms. The topological polar surface area (TPSA) is 58.9 Å². The molecule has 1 aliphatic rings. The lowest BCUT2D eigenvalue weighted by Gasteiger charge is -2.31. The quantitative estimate of drug-likeness (QED) is 0.810. The zero-order valence-corrected chi connectivity index (χ0v) is 15.1. The number of quaternary nitrogens is 1. The highest BCUT2D eigenvalue weighted by atomic mass is 32.2. The summed E-state index contributed by atoms with van der Waals surface area (Å²) in [5.74, 6) is -0.0675. The Labute approximate surface area is 148 Å². The third-order valence-corrected chi connectivity index (χ3v) is 6.54. The first-order valence-electron chi connectivity index (χ1n) is 8.45. The number of piperazine rings is 1. The number of ketones is 1. The van der Waals surface area contributed by atoms with Gasteiger partial charge in [0.25, 0.3) is 0 Å². The van der Waals surface area contributed by atoms with Gasteiger partial charge in [0.1, 0.15) is 6.54 Å². The van der Waals surface area contributed by atoms with Gasteiger partial charge in [-0.1, -0.05) is 42.5 Å². The van der Waals surface area contributed by atoms with Crippen LogP contribution in [0.15, 0.2) is 59.5 Å². The van der Waals surface area contributed by atoms with E-state index in [2.05, 4.69) is 12.1 Å². The lowest BCUT2D eigenvalue weighted by atomic mass is 10.2. The van der Waals surface area contributed by atoms with Crippen LogP contribution in [0.4, 0.5) is 0 Å². The Morgan fingerprint density at radius 2 is 1.60 bits per heavy atom. The second-order valence-corrected chi connectivity index (χ2v) is 8.33. The molecular formula is C19H23N2O3S+. The standard InChI is InChI=1S/C19H22N2O3S/c1-16(22)18-7-9-19(10-8-18)25(23,24)21-13-11-20(12-14-21)15-17-5-3-2-4-6-17/h2-10H,11-15H2,1H3/p+1. The Kier molecular flexibility index (Phi) is 5.32. The average molecular weight is 359 g/mol. The zero-order valence-electron chi connectivity index (χ0n) is 14.3. The molecular weight excluding hydrogens is 336 g/mol.